The summed E-state index contributed by atoms with van der Waals surface area (Å²) in [6.07, 6.45) is 2.17. The molecule has 1 saturated heterocycles. The number of fused-ring (bicyclic) bond motifs is 2. The van der Waals surface area contributed by atoms with E-state index in [0.29, 0.717) is 6.04 Å². The van der Waals surface area contributed by atoms with Gasteiger partial charge in [-0.05, 0) is 29.5 Å². The molecule has 0 aromatic heterocycles. The van der Waals surface area contributed by atoms with Gasteiger partial charge in [-0.3, -0.25) is 5.41 Å². The van der Waals surface area contributed by atoms with Gasteiger partial charge in [0.15, 0.2) is 0 Å². The highest BCUT2D eigenvalue weighted by molar-refractivity contribution is 5.97. The van der Waals surface area contributed by atoms with Crippen molar-refractivity contribution in [2.75, 3.05) is 7.05 Å². The number of piperidine rings is 1. The molecule has 5 rings (SSSR count). The third kappa shape index (κ3) is 1.26. The monoisotopic (exact) mass is 262 g/mol. The Morgan fingerprint density at radius 3 is 2.55 bits per heavy atom. The van der Waals surface area contributed by atoms with Crippen molar-refractivity contribution in [1.82, 2.24) is 4.90 Å². The van der Waals surface area contributed by atoms with Gasteiger partial charge in [-0.2, -0.15) is 0 Å². The number of nitrogens with one attached hydrogen (secondary N) is 1. The molecule has 3 aliphatic rings. The van der Waals surface area contributed by atoms with E-state index >= 15 is 0 Å². The van der Waals surface area contributed by atoms with E-state index in [1.807, 2.05) is 6.07 Å². The lowest BCUT2D eigenvalue weighted by molar-refractivity contribution is 0.243. The van der Waals surface area contributed by atoms with E-state index in [1.54, 1.807) is 0 Å². The van der Waals surface area contributed by atoms with Crippen molar-refractivity contribution in [3.8, 4) is 0 Å². The molecule has 2 atom stereocenters. The van der Waals surface area contributed by atoms with Crippen molar-refractivity contribution >= 4 is 5.84 Å². The third-order valence-corrected chi connectivity index (χ3v) is 5.06. The van der Waals surface area contributed by atoms with Crippen LogP contribution < -0.4 is 0 Å². The van der Waals surface area contributed by atoms with E-state index < -0.39 is 0 Å². The molecule has 2 heteroatoms. The first kappa shape index (κ1) is 11.7. The van der Waals surface area contributed by atoms with Gasteiger partial charge in [-0.1, -0.05) is 54.6 Å². The summed E-state index contributed by atoms with van der Waals surface area (Å²) in [6.45, 7) is 0. The molecule has 20 heavy (non-hydrogen) atoms. The standard InChI is InChI=1S/C18H18N2/c1-20-16-11-12-18(17(20)19,13-7-3-2-4-8-13)15-10-6-5-9-14(15)16/h2-10,16,19H,11-12H2,1H3. The Labute approximate surface area is 119 Å². The van der Waals surface area contributed by atoms with Crippen LogP contribution in [0.3, 0.4) is 0 Å². The van der Waals surface area contributed by atoms with Gasteiger partial charge in [0.25, 0.3) is 0 Å². The van der Waals surface area contributed by atoms with Crippen LogP contribution in [0.15, 0.2) is 54.6 Å². The number of amidine groups is 1. The fourth-order valence-corrected chi connectivity index (χ4v) is 4.08. The quantitative estimate of drug-likeness (QED) is 0.833. The average Bonchev–Trinajstić information content (AvgIpc) is 2.52. The molecule has 2 heterocycles. The average molecular weight is 262 g/mol. The predicted octanol–water partition coefficient (Wildman–Crippen LogP) is 3.73. The first-order valence-corrected chi connectivity index (χ1v) is 7.22. The molecule has 100 valence electrons. The highest BCUT2D eigenvalue weighted by Gasteiger charge is 2.52. The lowest BCUT2D eigenvalue weighted by Crippen LogP contribution is -2.56. The largest absolute Gasteiger partial charge is 0.356 e. The van der Waals surface area contributed by atoms with Gasteiger partial charge >= 0.3 is 0 Å². The molecule has 0 saturated carbocycles. The molecule has 2 unspecified atom stereocenters. The molecule has 1 fully saturated rings. The highest BCUT2D eigenvalue weighted by Crippen LogP contribution is 2.53. The van der Waals surface area contributed by atoms with Crippen LogP contribution in [-0.4, -0.2) is 17.8 Å². The summed E-state index contributed by atoms with van der Waals surface area (Å²) in [6, 6.07) is 19.6. The van der Waals surface area contributed by atoms with Crippen molar-refractivity contribution in [3.05, 3.63) is 71.3 Å². The predicted molar refractivity (Wildman–Crippen MR) is 81.1 cm³/mol. The number of benzene rings is 2. The number of likely N-dealkylation sites (N-methyl/N-ethyl adjacent to an activating group) is 1. The van der Waals surface area contributed by atoms with Crippen LogP contribution in [-0.2, 0) is 5.41 Å². The highest BCUT2D eigenvalue weighted by atomic mass is 15.2. The molecule has 0 radical (unpaired) electrons. The van der Waals surface area contributed by atoms with Crippen molar-refractivity contribution in [3.63, 3.8) is 0 Å². The van der Waals surface area contributed by atoms with Crippen LogP contribution in [0.4, 0.5) is 0 Å². The number of hydrogen-bond donors (Lipinski definition) is 1. The van der Waals surface area contributed by atoms with E-state index in [4.69, 9.17) is 5.41 Å². The summed E-state index contributed by atoms with van der Waals surface area (Å²) in [5, 5.41) is 8.72. The molecule has 0 spiro atoms. The van der Waals surface area contributed by atoms with Gasteiger partial charge in [0.2, 0.25) is 0 Å². The Bertz CT molecular complexity index is 677. The molecule has 1 aliphatic carbocycles. The molecular formula is C18H18N2. The number of nitrogens with zero attached hydrogens (tertiary/aromatic N) is 1. The Morgan fingerprint density at radius 2 is 1.75 bits per heavy atom. The molecule has 2 aliphatic heterocycles. The molecule has 2 aromatic rings. The molecular weight excluding hydrogens is 244 g/mol. The molecule has 2 aromatic carbocycles. The van der Waals surface area contributed by atoms with Crippen LogP contribution in [0.1, 0.15) is 35.6 Å². The second-order valence-electron chi connectivity index (χ2n) is 5.87. The van der Waals surface area contributed by atoms with E-state index in [0.717, 1.165) is 18.7 Å². The Kier molecular flexibility index (Phi) is 2.31. The smallest absolute Gasteiger partial charge is 0.111 e. The summed E-state index contributed by atoms with van der Waals surface area (Å²) in [7, 11) is 2.07. The Morgan fingerprint density at radius 1 is 1.05 bits per heavy atom. The maximum absolute atomic E-state index is 8.72. The van der Waals surface area contributed by atoms with Crippen molar-refractivity contribution in [2.24, 2.45) is 0 Å². The van der Waals surface area contributed by atoms with Crippen molar-refractivity contribution in [1.29, 1.82) is 5.41 Å². The summed E-state index contributed by atoms with van der Waals surface area (Å²) in [4.78, 5) is 2.17. The first-order valence-electron chi connectivity index (χ1n) is 7.22. The Balaban J connectivity index is 2.05. The van der Waals surface area contributed by atoms with Crippen LogP contribution in [0.2, 0.25) is 0 Å². The van der Waals surface area contributed by atoms with E-state index in [1.165, 1.54) is 16.7 Å². The topological polar surface area (TPSA) is 27.1 Å². The number of hydrogen-bond acceptors (Lipinski definition) is 1. The summed E-state index contributed by atoms with van der Waals surface area (Å²) < 4.78 is 0. The van der Waals surface area contributed by atoms with Crippen molar-refractivity contribution < 1.29 is 0 Å². The van der Waals surface area contributed by atoms with Crippen LogP contribution >= 0.6 is 0 Å². The van der Waals surface area contributed by atoms with Crippen molar-refractivity contribution in [2.45, 2.75) is 24.3 Å². The Hall–Kier alpha value is -2.09. The van der Waals surface area contributed by atoms with Gasteiger partial charge in [0, 0.05) is 7.05 Å². The third-order valence-electron chi connectivity index (χ3n) is 5.06. The van der Waals surface area contributed by atoms with Crippen LogP contribution in [0.5, 0.6) is 0 Å². The maximum atomic E-state index is 8.72. The van der Waals surface area contributed by atoms with Gasteiger partial charge in [0.1, 0.15) is 5.84 Å². The summed E-state index contributed by atoms with van der Waals surface area (Å²) in [5.74, 6) is 0.749. The first-order chi connectivity index (χ1) is 9.75. The fraction of sp³-hybridized carbons (Fsp3) is 0.278. The van der Waals surface area contributed by atoms with Gasteiger partial charge in [0.05, 0.1) is 11.5 Å². The maximum Gasteiger partial charge on any atom is 0.111 e. The lowest BCUT2D eigenvalue weighted by atomic mass is 9.60. The zero-order chi connectivity index (χ0) is 13.7. The minimum atomic E-state index is -0.249. The van der Waals surface area contributed by atoms with Gasteiger partial charge in [-0.15, -0.1) is 0 Å². The second kappa shape index (κ2) is 3.95. The lowest BCUT2D eigenvalue weighted by Gasteiger charge is -2.54. The SMILES string of the molecule is CN1C(=N)C2(c3ccccc3)CCC1c1ccccc12. The molecule has 2 nitrogen and oxygen atoms in total. The summed E-state index contributed by atoms with van der Waals surface area (Å²) in [5.41, 5.74) is 3.75. The minimum Gasteiger partial charge on any atom is -0.356 e. The minimum absolute atomic E-state index is 0.249. The normalized spacial score (nSPS) is 27.6. The van der Waals surface area contributed by atoms with E-state index in [2.05, 4.69) is 60.5 Å². The molecule has 2 bridgehead atoms. The van der Waals surface area contributed by atoms with Gasteiger partial charge < -0.3 is 4.90 Å². The zero-order valence-electron chi connectivity index (χ0n) is 11.6. The zero-order valence-corrected chi connectivity index (χ0v) is 11.6. The van der Waals surface area contributed by atoms with E-state index in [9.17, 15) is 0 Å². The summed E-state index contributed by atoms with van der Waals surface area (Å²) >= 11 is 0. The molecule has 0 amide bonds. The number of rotatable bonds is 1. The van der Waals surface area contributed by atoms with Crippen LogP contribution in [0.25, 0.3) is 0 Å². The van der Waals surface area contributed by atoms with Crippen LogP contribution in [0, 0.1) is 5.41 Å². The second-order valence-corrected chi connectivity index (χ2v) is 5.87. The van der Waals surface area contributed by atoms with E-state index in [-0.39, 0.29) is 5.41 Å². The molecule has 1 N–H and O–H groups in total. The fourth-order valence-electron chi connectivity index (χ4n) is 4.08. The van der Waals surface area contributed by atoms with Gasteiger partial charge in [-0.25, -0.2) is 0 Å².